The molecule has 0 aliphatic rings. The van der Waals surface area contributed by atoms with E-state index in [9.17, 15) is 8.78 Å². The third-order valence-corrected chi connectivity index (χ3v) is 0.634. The molecule has 0 rings (SSSR count). The molecule has 0 radical (unpaired) electrons. The first-order valence-corrected chi connectivity index (χ1v) is 2.50. The zero-order chi connectivity index (χ0) is 7.28. The third-order valence-electron chi connectivity index (χ3n) is 0.634. The maximum Gasteiger partial charge on any atom is 0.107 e. The molecule has 0 heterocycles. The van der Waals surface area contributed by atoms with Crippen molar-refractivity contribution in [3.05, 3.63) is 24.8 Å². The predicted octanol–water partition coefficient (Wildman–Crippen LogP) is 1.54. The van der Waals surface area contributed by atoms with Gasteiger partial charge in [-0.3, -0.25) is 0 Å². The molecule has 0 aromatic carbocycles. The highest BCUT2D eigenvalue weighted by Crippen LogP contribution is 1.89. The van der Waals surface area contributed by atoms with E-state index < -0.39 is 11.7 Å². The highest BCUT2D eigenvalue weighted by molar-refractivity contribution is 4.88. The largest absolute Gasteiger partial charge is 0.304 e. The molecule has 0 aliphatic heterocycles. The number of hydrogen-bond donors (Lipinski definition) is 1. The quantitative estimate of drug-likeness (QED) is 0.613. The average molecular weight is 133 g/mol. The van der Waals surface area contributed by atoms with Crippen molar-refractivity contribution < 1.29 is 8.78 Å². The van der Waals surface area contributed by atoms with Crippen molar-refractivity contribution >= 4 is 0 Å². The zero-order valence-corrected chi connectivity index (χ0v) is 5.08. The van der Waals surface area contributed by atoms with Crippen LogP contribution in [0.25, 0.3) is 0 Å². The van der Waals surface area contributed by atoms with Crippen molar-refractivity contribution in [1.29, 1.82) is 0 Å². The van der Waals surface area contributed by atoms with E-state index in [0.717, 1.165) is 0 Å². The van der Waals surface area contributed by atoms with Gasteiger partial charge in [-0.1, -0.05) is 13.2 Å². The first-order valence-electron chi connectivity index (χ1n) is 2.50. The van der Waals surface area contributed by atoms with Crippen LogP contribution in [0.4, 0.5) is 8.78 Å². The predicted molar refractivity (Wildman–Crippen MR) is 33.4 cm³/mol. The lowest BCUT2D eigenvalue weighted by Crippen LogP contribution is -2.16. The van der Waals surface area contributed by atoms with Crippen LogP contribution in [0, 0.1) is 0 Å². The van der Waals surface area contributed by atoms with Crippen LogP contribution in [0.15, 0.2) is 24.8 Å². The standard InChI is InChI=1S/C6H9F2N/c1-5(7)3-9-4-6(2)8/h9H,1-4H2. The first kappa shape index (κ1) is 8.30. The monoisotopic (exact) mass is 133 g/mol. The van der Waals surface area contributed by atoms with Crippen LogP contribution in [-0.2, 0) is 0 Å². The summed E-state index contributed by atoms with van der Waals surface area (Å²) in [4.78, 5) is 0. The second-order valence-electron chi connectivity index (χ2n) is 1.64. The minimum absolute atomic E-state index is 0.0110. The molecule has 52 valence electrons. The van der Waals surface area contributed by atoms with Crippen LogP contribution in [0.5, 0.6) is 0 Å². The Morgan fingerprint density at radius 1 is 1.11 bits per heavy atom. The third kappa shape index (κ3) is 7.30. The highest BCUT2D eigenvalue weighted by atomic mass is 19.1. The van der Waals surface area contributed by atoms with E-state index in [-0.39, 0.29) is 13.1 Å². The van der Waals surface area contributed by atoms with E-state index in [0.29, 0.717) is 0 Å². The minimum atomic E-state index is -0.503. The van der Waals surface area contributed by atoms with Gasteiger partial charge in [-0.2, -0.15) is 0 Å². The molecular formula is C6H9F2N. The van der Waals surface area contributed by atoms with Gasteiger partial charge in [0.1, 0.15) is 11.7 Å². The Labute approximate surface area is 53.1 Å². The Balaban J connectivity index is 3.10. The van der Waals surface area contributed by atoms with Crippen molar-refractivity contribution in [1.82, 2.24) is 5.32 Å². The van der Waals surface area contributed by atoms with Gasteiger partial charge >= 0.3 is 0 Å². The van der Waals surface area contributed by atoms with Gasteiger partial charge in [-0.25, -0.2) is 8.78 Å². The first-order chi connectivity index (χ1) is 4.13. The van der Waals surface area contributed by atoms with Gasteiger partial charge in [0.25, 0.3) is 0 Å². The lowest BCUT2D eigenvalue weighted by atomic mass is 10.5. The molecule has 0 bridgehead atoms. The van der Waals surface area contributed by atoms with Crippen molar-refractivity contribution in [3.8, 4) is 0 Å². The molecule has 9 heavy (non-hydrogen) atoms. The fourth-order valence-electron chi connectivity index (χ4n) is 0.334. The molecule has 0 aromatic heterocycles. The summed E-state index contributed by atoms with van der Waals surface area (Å²) in [5.74, 6) is -1.01. The molecule has 0 saturated carbocycles. The molecule has 1 N–H and O–H groups in total. The summed E-state index contributed by atoms with van der Waals surface area (Å²) >= 11 is 0. The summed E-state index contributed by atoms with van der Waals surface area (Å²) in [6, 6.07) is 0. The molecule has 0 amide bonds. The van der Waals surface area contributed by atoms with Crippen LogP contribution in [0.2, 0.25) is 0 Å². The van der Waals surface area contributed by atoms with Crippen molar-refractivity contribution in [2.45, 2.75) is 0 Å². The van der Waals surface area contributed by atoms with E-state index >= 15 is 0 Å². The Morgan fingerprint density at radius 3 is 1.67 bits per heavy atom. The van der Waals surface area contributed by atoms with Crippen LogP contribution < -0.4 is 5.32 Å². The van der Waals surface area contributed by atoms with E-state index in [1.54, 1.807) is 0 Å². The molecule has 1 nitrogen and oxygen atoms in total. The molecule has 0 saturated heterocycles. The molecule has 0 aromatic rings. The Kier molecular flexibility index (Phi) is 3.88. The minimum Gasteiger partial charge on any atom is -0.304 e. The van der Waals surface area contributed by atoms with Crippen LogP contribution in [0.1, 0.15) is 0 Å². The smallest absolute Gasteiger partial charge is 0.107 e. The number of rotatable bonds is 4. The lowest BCUT2D eigenvalue weighted by Gasteiger charge is -1.96. The van der Waals surface area contributed by atoms with Gasteiger partial charge in [0, 0.05) is 13.1 Å². The van der Waals surface area contributed by atoms with E-state index in [2.05, 4.69) is 18.5 Å². The summed E-state index contributed by atoms with van der Waals surface area (Å²) in [5, 5.41) is 2.44. The Morgan fingerprint density at radius 2 is 1.44 bits per heavy atom. The van der Waals surface area contributed by atoms with E-state index in [1.807, 2.05) is 0 Å². The second kappa shape index (κ2) is 4.21. The fraction of sp³-hybridized carbons (Fsp3) is 0.333. The molecule has 0 unspecified atom stereocenters. The fourth-order valence-corrected chi connectivity index (χ4v) is 0.334. The summed E-state index contributed by atoms with van der Waals surface area (Å²) in [5.41, 5.74) is 0. The Bertz CT molecular complexity index is 106. The average Bonchev–Trinajstić information content (AvgIpc) is 1.63. The van der Waals surface area contributed by atoms with Crippen LogP contribution >= 0.6 is 0 Å². The lowest BCUT2D eigenvalue weighted by molar-refractivity contribution is 0.546. The van der Waals surface area contributed by atoms with E-state index in [4.69, 9.17) is 0 Å². The van der Waals surface area contributed by atoms with Gasteiger partial charge in [0.15, 0.2) is 0 Å². The number of halogens is 2. The van der Waals surface area contributed by atoms with E-state index in [1.165, 1.54) is 0 Å². The molecule has 0 fully saturated rings. The topological polar surface area (TPSA) is 12.0 Å². The van der Waals surface area contributed by atoms with Gasteiger partial charge in [0.2, 0.25) is 0 Å². The Hall–Kier alpha value is -0.700. The van der Waals surface area contributed by atoms with Gasteiger partial charge < -0.3 is 5.32 Å². The molecule has 0 spiro atoms. The summed E-state index contributed by atoms with van der Waals surface area (Å²) in [6.45, 7) is 5.92. The molecule has 0 atom stereocenters. The molecule has 0 aliphatic carbocycles. The second-order valence-corrected chi connectivity index (χ2v) is 1.64. The molecular weight excluding hydrogens is 124 g/mol. The van der Waals surface area contributed by atoms with Gasteiger partial charge in [-0.05, 0) is 0 Å². The maximum atomic E-state index is 11.7. The summed E-state index contributed by atoms with van der Waals surface area (Å²) in [7, 11) is 0. The zero-order valence-electron chi connectivity index (χ0n) is 5.08. The van der Waals surface area contributed by atoms with Crippen LogP contribution in [-0.4, -0.2) is 13.1 Å². The normalized spacial score (nSPS) is 9.11. The maximum absolute atomic E-state index is 11.7. The summed E-state index contributed by atoms with van der Waals surface area (Å²) in [6.07, 6.45) is 0. The highest BCUT2D eigenvalue weighted by Gasteiger charge is 1.90. The number of hydrogen-bond acceptors (Lipinski definition) is 1. The van der Waals surface area contributed by atoms with Crippen LogP contribution in [0.3, 0.4) is 0 Å². The summed E-state index contributed by atoms with van der Waals surface area (Å²) < 4.78 is 23.5. The van der Waals surface area contributed by atoms with Gasteiger partial charge in [-0.15, -0.1) is 0 Å². The van der Waals surface area contributed by atoms with Crippen molar-refractivity contribution in [2.75, 3.05) is 13.1 Å². The van der Waals surface area contributed by atoms with Crippen molar-refractivity contribution in [3.63, 3.8) is 0 Å². The molecule has 3 heteroatoms. The number of nitrogens with one attached hydrogen (secondary N) is 1. The van der Waals surface area contributed by atoms with Gasteiger partial charge in [0.05, 0.1) is 0 Å². The van der Waals surface area contributed by atoms with Crippen molar-refractivity contribution in [2.24, 2.45) is 0 Å². The SMILES string of the molecule is C=C(F)CNCC(=C)F.